The monoisotopic (exact) mass is 240 g/mol. The molecule has 0 aromatic heterocycles. The summed E-state index contributed by atoms with van der Waals surface area (Å²) in [7, 11) is 0. The lowest BCUT2D eigenvalue weighted by Gasteiger charge is -2.28. The van der Waals surface area contributed by atoms with Gasteiger partial charge in [0.25, 0.3) is 0 Å². The molecule has 0 aliphatic carbocycles. The molecule has 1 unspecified atom stereocenters. The SMILES string of the molecule is CC1(C(=O)O)CCN(C(=O)[C@@H]2CCCCN2)C1. The average Bonchev–Trinajstić information content (AvgIpc) is 2.74. The molecule has 1 amide bonds. The fourth-order valence-electron chi connectivity index (χ4n) is 2.61. The molecule has 0 bridgehead atoms. The van der Waals surface area contributed by atoms with Gasteiger partial charge in [0.15, 0.2) is 0 Å². The smallest absolute Gasteiger partial charge is 0.311 e. The van der Waals surface area contributed by atoms with Gasteiger partial charge in [0.05, 0.1) is 11.5 Å². The van der Waals surface area contributed by atoms with Crippen molar-refractivity contribution in [2.45, 2.75) is 38.6 Å². The van der Waals surface area contributed by atoms with Crippen LogP contribution in [0.3, 0.4) is 0 Å². The fraction of sp³-hybridized carbons (Fsp3) is 0.833. The van der Waals surface area contributed by atoms with Gasteiger partial charge >= 0.3 is 5.97 Å². The Hall–Kier alpha value is -1.10. The van der Waals surface area contributed by atoms with Crippen molar-refractivity contribution in [1.82, 2.24) is 10.2 Å². The van der Waals surface area contributed by atoms with Gasteiger partial charge in [-0.3, -0.25) is 9.59 Å². The second kappa shape index (κ2) is 4.64. The maximum absolute atomic E-state index is 12.2. The molecule has 2 aliphatic rings. The number of nitrogens with zero attached hydrogens (tertiary/aromatic N) is 1. The molecule has 0 aromatic rings. The molecule has 2 fully saturated rings. The number of amides is 1. The highest BCUT2D eigenvalue weighted by Crippen LogP contribution is 2.30. The molecule has 2 N–H and O–H groups in total. The van der Waals surface area contributed by atoms with Crippen molar-refractivity contribution < 1.29 is 14.7 Å². The van der Waals surface area contributed by atoms with Gasteiger partial charge in [-0.1, -0.05) is 6.42 Å². The number of hydrogen-bond acceptors (Lipinski definition) is 3. The average molecular weight is 240 g/mol. The standard InChI is InChI=1S/C12H20N2O3/c1-12(11(16)17)5-7-14(8-12)10(15)9-4-2-3-6-13-9/h9,13H,2-8H2,1H3,(H,16,17)/t9-,12?/m0/s1. The first-order valence-electron chi connectivity index (χ1n) is 6.28. The van der Waals surface area contributed by atoms with Crippen LogP contribution in [-0.2, 0) is 9.59 Å². The summed E-state index contributed by atoms with van der Waals surface area (Å²) in [5.41, 5.74) is -0.760. The van der Waals surface area contributed by atoms with Crippen LogP contribution in [0, 0.1) is 5.41 Å². The zero-order valence-electron chi connectivity index (χ0n) is 10.2. The molecule has 5 nitrogen and oxygen atoms in total. The van der Waals surface area contributed by atoms with Crippen molar-refractivity contribution in [3.05, 3.63) is 0 Å². The first-order chi connectivity index (χ1) is 8.03. The van der Waals surface area contributed by atoms with E-state index in [2.05, 4.69) is 5.32 Å². The molecule has 0 radical (unpaired) electrons. The number of carbonyl (C=O) groups is 2. The number of piperidine rings is 1. The first kappa shape index (κ1) is 12.4. The van der Waals surface area contributed by atoms with Crippen LogP contribution in [0.25, 0.3) is 0 Å². The zero-order chi connectivity index (χ0) is 12.5. The number of likely N-dealkylation sites (tertiary alicyclic amines) is 1. The van der Waals surface area contributed by atoms with Crippen LogP contribution in [0.2, 0.25) is 0 Å². The molecule has 0 saturated carbocycles. The van der Waals surface area contributed by atoms with Gasteiger partial charge in [0, 0.05) is 13.1 Å². The Bertz CT molecular complexity index is 326. The van der Waals surface area contributed by atoms with Gasteiger partial charge in [0.1, 0.15) is 0 Å². The van der Waals surface area contributed by atoms with E-state index in [0.717, 1.165) is 25.8 Å². The van der Waals surface area contributed by atoms with Gasteiger partial charge in [-0.15, -0.1) is 0 Å². The molecule has 5 heteroatoms. The number of hydrogen-bond donors (Lipinski definition) is 2. The van der Waals surface area contributed by atoms with Crippen LogP contribution in [0.4, 0.5) is 0 Å². The molecule has 2 rings (SSSR count). The summed E-state index contributed by atoms with van der Waals surface area (Å²) >= 11 is 0. The minimum Gasteiger partial charge on any atom is -0.481 e. The molecule has 2 saturated heterocycles. The van der Waals surface area contributed by atoms with Gasteiger partial charge < -0.3 is 15.3 Å². The highest BCUT2D eigenvalue weighted by molar-refractivity contribution is 5.84. The van der Waals surface area contributed by atoms with Crippen LogP contribution in [0.1, 0.15) is 32.6 Å². The Balaban J connectivity index is 1.95. The molecular formula is C12H20N2O3. The summed E-state index contributed by atoms with van der Waals surface area (Å²) in [4.78, 5) is 25.0. The maximum atomic E-state index is 12.2. The summed E-state index contributed by atoms with van der Waals surface area (Å²) in [6.45, 7) is 3.52. The van der Waals surface area contributed by atoms with Crippen molar-refractivity contribution in [2.75, 3.05) is 19.6 Å². The maximum Gasteiger partial charge on any atom is 0.311 e. The Morgan fingerprint density at radius 3 is 2.71 bits per heavy atom. The van der Waals surface area contributed by atoms with E-state index in [1.54, 1.807) is 11.8 Å². The lowest BCUT2D eigenvalue weighted by molar-refractivity contribution is -0.147. The number of carbonyl (C=O) groups excluding carboxylic acids is 1. The van der Waals surface area contributed by atoms with E-state index in [1.807, 2.05) is 0 Å². The van der Waals surface area contributed by atoms with E-state index in [1.165, 1.54) is 0 Å². The third-order valence-electron chi connectivity index (χ3n) is 3.91. The Kier molecular flexibility index (Phi) is 3.38. The second-order valence-corrected chi connectivity index (χ2v) is 5.38. The van der Waals surface area contributed by atoms with Crippen molar-refractivity contribution in [1.29, 1.82) is 0 Å². The number of rotatable bonds is 2. The predicted molar refractivity (Wildman–Crippen MR) is 62.6 cm³/mol. The lowest BCUT2D eigenvalue weighted by atomic mass is 9.90. The molecule has 2 atom stereocenters. The van der Waals surface area contributed by atoms with Crippen LogP contribution >= 0.6 is 0 Å². The van der Waals surface area contributed by atoms with E-state index in [-0.39, 0.29) is 11.9 Å². The largest absolute Gasteiger partial charge is 0.481 e. The van der Waals surface area contributed by atoms with Gasteiger partial charge in [0.2, 0.25) is 5.91 Å². The Morgan fingerprint density at radius 1 is 1.41 bits per heavy atom. The normalized spacial score (nSPS) is 33.7. The number of aliphatic carboxylic acids is 1. The Labute approximate surface area is 101 Å². The fourth-order valence-corrected chi connectivity index (χ4v) is 2.61. The molecule has 17 heavy (non-hydrogen) atoms. The van der Waals surface area contributed by atoms with Crippen LogP contribution < -0.4 is 5.32 Å². The van der Waals surface area contributed by atoms with Gasteiger partial charge in [-0.05, 0) is 32.7 Å². The van der Waals surface area contributed by atoms with Crippen molar-refractivity contribution in [3.8, 4) is 0 Å². The predicted octanol–water partition coefficient (Wildman–Crippen LogP) is 0.452. The van der Waals surface area contributed by atoms with Crippen molar-refractivity contribution in [2.24, 2.45) is 5.41 Å². The van der Waals surface area contributed by atoms with Crippen LogP contribution in [0.5, 0.6) is 0 Å². The van der Waals surface area contributed by atoms with E-state index >= 15 is 0 Å². The second-order valence-electron chi connectivity index (χ2n) is 5.38. The summed E-state index contributed by atoms with van der Waals surface area (Å²) in [5, 5.41) is 12.3. The molecular weight excluding hydrogens is 220 g/mol. The van der Waals surface area contributed by atoms with Gasteiger partial charge in [-0.2, -0.15) is 0 Å². The lowest BCUT2D eigenvalue weighted by Crippen LogP contribution is -2.48. The molecule has 0 spiro atoms. The third kappa shape index (κ3) is 2.44. The number of carboxylic acids is 1. The summed E-state index contributed by atoms with van der Waals surface area (Å²) in [6.07, 6.45) is 3.63. The zero-order valence-corrected chi connectivity index (χ0v) is 10.2. The van der Waals surface area contributed by atoms with E-state index in [4.69, 9.17) is 5.11 Å². The quantitative estimate of drug-likeness (QED) is 0.735. The van der Waals surface area contributed by atoms with E-state index in [0.29, 0.717) is 19.5 Å². The summed E-state index contributed by atoms with van der Waals surface area (Å²) in [5.74, 6) is -0.723. The number of carboxylic acid groups (broad SMARTS) is 1. The summed E-state index contributed by atoms with van der Waals surface area (Å²) < 4.78 is 0. The van der Waals surface area contributed by atoms with E-state index in [9.17, 15) is 9.59 Å². The summed E-state index contributed by atoms with van der Waals surface area (Å²) in [6, 6.07) is -0.0973. The molecule has 96 valence electrons. The molecule has 0 aromatic carbocycles. The minimum atomic E-state index is -0.801. The van der Waals surface area contributed by atoms with Crippen LogP contribution in [-0.4, -0.2) is 47.6 Å². The van der Waals surface area contributed by atoms with Crippen LogP contribution in [0.15, 0.2) is 0 Å². The Morgan fingerprint density at radius 2 is 2.18 bits per heavy atom. The topological polar surface area (TPSA) is 69.6 Å². The third-order valence-corrected chi connectivity index (χ3v) is 3.91. The minimum absolute atomic E-state index is 0.0784. The first-order valence-corrected chi connectivity index (χ1v) is 6.28. The van der Waals surface area contributed by atoms with Crippen molar-refractivity contribution >= 4 is 11.9 Å². The molecule has 2 aliphatic heterocycles. The highest BCUT2D eigenvalue weighted by atomic mass is 16.4. The number of nitrogens with one attached hydrogen (secondary N) is 1. The van der Waals surface area contributed by atoms with Crippen molar-refractivity contribution in [3.63, 3.8) is 0 Å². The van der Waals surface area contributed by atoms with Gasteiger partial charge in [-0.25, -0.2) is 0 Å². The highest BCUT2D eigenvalue weighted by Gasteiger charge is 2.43. The molecule has 2 heterocycles. The van der Waals surface area contributed by atoms with E-state index < -0.39 is 11.4 Å².